The standard InChI is InChI=1S/C8H16S/c1-4-8(5-2)7-9-6-3/h8H,1-2,4-7H2,3H3. The Hall–Kier alpha value is 0.350. The van der Waals surface area contributed by atoms with Crippen molar-refractivity contribution in [2.24, 2.45) is 5.92 Å². The summed E-state index contributed by atoms with van der Waals surface area (Å²) in [5, 5.41) is 0. The molecule has 0 N–H and O–H groups in total. The lowest BCUT2D eigenvalue weighted by Crippen LogP contribution is -2.00. The minimum absolute atomic E-state index is 0.745. The SMILES string of the molecule is [CH2]CC(C[CH2])CSCC. The summed E-state index contributed by atoms with van der Waals surface area (Å²) in [6.45, 7) is 9.90. The average molecular weight is 144 g/mol. The molecule has 0 aliphatic carbocycles. The van der Waals surface area contributed by atoms with Gasteiger partial charge in [-0.25, -0.2) is 0 Å². The zero-order chi connectivity index (χ0) is 7.11. The van der Waals surface area contributed by atoms with Crippen LogP contribution in [-0.4, -0.2) is 11.5 Å². The molecule has 0 rings (SSSR count). The summed E-state index contributed by atoms with van der Waals surface area (Å²) >= 11 is 1.99. The fourth-order valence-corrected chi connectivity index (χ4v) is 1.50. The molecular formula is C8H16S. The van der Waals surface area contributed by atoms with Gasteiger partial charge in [-0.05, 0) is 30.3 Å². The molecule has 0 atom stereocenters. The van der Waals surface area contributed by atoms with E-state index >= 15 is 0 Å². The average Bonchev–Trinajstić information content (AvgIpc) is 1.91. The van der Waals surface area contributed by atoms with Crippen LogP contribution in [0.3, 0.4) is 0 Å². The predicted octanol–water partition coefficient (Wildman–Crippen LogP) is 2.80. The molecule has 0 bridgehead atoms. The molecular weight excluding hydrogens is 128 g/mol. The van der Waals surface area contributed by atoms with E-state index in [1.165, 1.54) is 11.5 Å². The van der Waals surface area contributed by atoms with Crippen LogP contribution >= 0.6 is 11.8 Å². The van der Waals surface area contributed by atoms with Gasteiger partial charge in [0.1, 0.15) is 0 Å². The van der Waals surface area contributed by atoms with Gasteiger partial charge < -0.3 is 0 Å². The number of hydrogen-bond donors (Lipinski definition) is 0. The second kappa shape index (κ2) is 6.47. The molecule has 0 heterocycles. The third-order valence-corrected chi connectivity index (χ3v) is 2.49. The van der Waals surface area contributed by atoms with E-state index in [9.17, 15) is 0 Å². The van der Waals surface area contributed by atoms with Crippen molar-refractivity contribution in [2.45, 2.75) is 19.8 Å². The van der Waals surface area contributed by atoms with Crippen LogP contribution in [0.2, 0.25) is 0 Å². The first-order valence-corrected chi connectivity index (χ1v) is 4.66. The van der Waals surface area contributed by atoms with Crippen molar-refractivity contribution in [3.63, 3.8) is 0 Å². The topological polar surface area (TPSA) is 0 Å². The molecule has 0 aromatic rings. The molecule has 9 heavy (non-hydrogen) atoms. The first-order valence-electron chi connectivity index (χ1n) is 3.51. The van der Waals surface area contributed by atoms with Gasteiger partial charge in [0.25, 0.3) is 0 Å². The van der Waals surface area contributed by atoms with E-state index in [1.807, 2.05) is 11.8 Å². The lowest BCUT2D eigenvalue weighted by molar-refractivity contribution is 0.610. The third kappa shape index (κ3) is 4.83. The Morgan fingerprint density at radius 2 is 1.89 bits per heavy atom. The Morgan fingerprint density at radius 1 is 1.33 bits per heavy atom. The quantitative estimate of drug-likeness (QED) is 0.572. The largest absolute Gasteiger partial charge is 0.162 e. The van der Waals surface area contributed by atoms with Crippen LogP contribution in [0.25, 0.3) is 0 Å². The van der Waals surface area contributed by atoms with Crippen molar-refractivity contribution in [3.05, 3.63) is 13.8 Å². The maximum absolute atomic E-state index is 3.86. The van der Waals surface area contributed by atoms with E-state index in [2.05, 4.69) is 20.8 Å². The highest BCUT2D eigenvalue weighted by molar-refractivity contribution is 7.99. The molecule has 0 aromatic carbocycles. The summed E-state index contributed by atoms with van der Waals surface area (Å²) in [5.41, 5.74) is 0. The maximum atomic E-state index is 3.86. The van der Waals surface area contributed by atoms with E-state index in [4.69, 9.17) is 0 Å². The van der Waals surface area contributed by atoms with Crippen LogP contribution in [0.1, 0.15) is 19.8 Å². The Bertz CT molecular complexity index is 48.5. The van der Waals surface area contributed by atoms with E-state index in [-0.39, 0.29) is 0 Å². The molecule has 0 nitrogen and oxygen atoms in total. The van der Waals surface area contributed by atoms with Gasteiger partial charge in [-0.15, -0.1) is 0 Å². The van der Waals surface area contributed by atoms with Gasteiger partial charge in [0.2, 0.25) is 0 Å². The fraction of sp³-hybridized carbons (Fsp3) is 0.750. The monoisotopic (exact) mass is 144 g/mol. The molecule has 0 saturated carbocycles. The molecule has 0 spiro atoms. The zero-order valence-corrected chi connectivity index (χ0v) is 7.04. The highest BCUT2D eigenvalue weighted by atomic mass is 32.2. The summed E-state index contributed by atoms with van der Waals surface area (Å²) in [6, 6.07) is 0. The Kier molecular flexibility index (Phi) is 6.72. The lowest BCUT2D eigenvalue weighted by atomic mass is 10.1. The number of thioether (sulfide) groups is 1. The molecule has 1 heteroatoms. The molecule has 0 unspecified atom stereocenters. The van der Waals surface area contributed by atoms with E-state index in [0.717, 1.165) is 18.8 Å². The summed E-state index contributed by atoms with van der Waals surface area (Å²) in [5.74, 6) is 3.20. The van der Waals surface area contributed by atoms with Gasteiger partial charge in [-0.3, -0.25) is 0 Å². The lowest BCUT2D eigenvalue weighted by Gasteiger charge is -2.09. The molecule has 0 aromatic heterocycles. The van der Waals surface area contributed by atoms with Crippen molar-refractivity contribution >= 4 is 11.8 Å². The van der Waals surface area contributed by atoms with Crippen molar-refractivity contribution in [1.29, 1.82) is 0 Å². The predicted molar refractivity (Wildman–Crippen MR) is 46.4 cm³/mol. The molecule has 0 amide bonds. The third-order valence-electron chi connectivity index (χ3n) is 1.37. The molecule has 54 valence electrons. The van der Waals surface area contributed by atoms with Crippen LogP contribution in [0, 0.1) is 19.8 Å². The van der Waals surface area contributed by atoms with Gasteiger partial charge in [-0.1, -0.05) is 20.8 Å². The number of hydrogen-bond acceptors (Lipinski definition) is 1. The molecule has 0 saturated heterocycles. The van der Waals surface area contributed by atoms with Gasteiger partial charge >= 0.3 is 0 Å². The fourth-order valence-electron chi connectivity index (χ4n) is 0.596. The summed E-state index contributed by atoms with van der Waals surface area (Å²) in [4.78, 5) is 0. The smallest absolute Gasteiger partial charge is 0.00392 e. The number of rotatable bonds is 5. The first kappa shape index (κ1) is 9.35. The van der Waals surface area contributed by atoms with Crippen LogP contribution in [0.4, 0.5) is 0 Å². The highest BCUT2D eigenvalue weighted by Crippen LogP contribution is 2.13. The Labute approximate surface area is 63.4 Å². The van der Waals surface area contributed by atoms with Gasteiger partial charge in [-0.2, -0.15) is 11.8 Å². The molecule has 2 radical (unpaired) electrons. The van der Waals surface area contributed by atoms with Crippen molar-refractivity contribution < 1.29 is 0 Å². The van der Waals surface area contributed by atoms with Gasteiger partial charge in [0, 0.05) is 0 Å². The summed E-state index contributed by atoms with van der Waals surface area (Å²) in [6.07, 6.45) is 2.08. The Balaban J connectivity index is 3.09. The molecule has 0 fully saturated rings. The van der Waals surface area contributed by atoms with Crippen molar-refractivity contribution in [1.82, 2.24) is 0 Å². The zero-order valence-electron chi connectivity index (χ0n) is 6.23. The molecule has 0 aliphatic heterocycles. The van der Waals surface area contributed by atoms with Gasteiger partial charge in [0.15, 0.2) is 0 Å². The maximum Gasteiger partial charge on any atom is -0.00392 e. The van der Waals surface area contributed by atoms with E-state index in [0.29, 0.717) is 0 Å². The van der Waals surface area contributed by atoms with E-state index < -0.39 is 0 Å². The second-order valence-electron chi connectivity index (χ2n) is 2.10. The Morgan fingerprint density at radius 3 is 2.22 bits per heavy atom. The normalized spacial score (nSPS) is 10.7. The minimum Gasteiger partial charge on any atom is -0.162 e. The summed E-state index contributed by atoms with van der Waals surface area (Å²) < 4.78 is 0. The van der Waals surface area contributed by atoms with Crippen molar-refractivity contribution in [2.75, 3.05) is 11.5 Å². The van der Waals surface area contributed by atoms with Crippen LogP contribution in [0.15, 0.2) is 0 Å². The van der Waals surface area contributed by atoms with E-state index in [1.54, 1.807) is 0 Å². The van der Waals surface area contributed by atoms with Crippen LogP contribution in [0.5, 0.6) is 0 Å². The molecule has 0 aliphatic rings. The van der Waals surface area contributed by atoms with Crippen molar-refractivity contribution in [3.8, 4) is 0 Å². The van der Waals surface area contributed by atoms with Crippen LogP contribution in [-0.2, 0) is 0 Å². The minimum atomic E-state index is 0.745. The van der Waals surface area contributed by atoms with Crippen LogP contribution < -0.4 is 0 Å². The highest BCUT2D eigenvalue weighted by Gasteiger charge is 2.00. The first-order chi connectivity index (χ1) is 4.35. The second-order valence-corrected chi connectivity index (χ2v) is 3.42. The van der Waals surface area contributed by atoms with Gasteiger partial charge in [0.05, 0.1) is 0 Å². The summed E-state index contributed by atoms with van der Waals surface area (Å²) in [7, 11) is 0.